The van der Waals surface area contributed by atoms with Gasteiger partial charge >= 0.3 is 11.9 Å². The van der Waals surface area contributed by atoms with Gasteiger partial charge in [0.2, 0.25) is 11.8 Å². The van der Waals surface area contributed by atoms with E-state index in [2.05, 4.69) is 10.1 Å². The third-order valence-electron chi connectivity index (χ3n) is 4.71. The average Bonchev–Trinajstić information content (AvgIpc) is 3.07. The fourth-order valence-corrected chi connectivity index (χ4v) is 2.86. The monoisotopic (exact) mass is 404 g/mol. The number of hydrogen-bond donors (Lipinski definition) is 1. The van der Waals surface area contributed by atoms with Crippen molar-refractivity contribution >= 4 is 35.3 Å². The van der Waals surface area contributed by atoms with E-state index in [-0.39, 0.29) is 41.8 Å². The van der Waals surface area contributed by atoms with E-state index in [0.717, 1.165) is 4.90 Å². The van der Waals surface area contributed by atoms with Gasteiger partial charge in [0.15, 0.2) is 6.61 Å². The zero-order valence-electron chi connectivity index (χ0n) is 16.6. The van der Waals surface area contributed by atoms with Gasteiger partial charge in [0.05, 0.1) is 18.4 Å². The first-order valence-electron chi connectivity index (χ1n) is 9.28. The highest BCUT2D eigenvalue weighted by atomic mass is 16.5. The maximum atomic E-state index is 12.3. The van der Waals surface area contributed by atoms with E-state index < -0.39 is 30.5 Å². The van der Waals surface area contributed by atoms with Gasteiger partial charge in [-0.05, 0) is 24.1 Å². The van der Waals surface area contributed by atoms with Crippen molar-refractivity contribution in [1.29, 1.82) is 0 Å². The first-order valence-corrected chi connectivity index (χ1v) is 9.28. The van der Waals surface area contributed by atoms with E-state index in [4.69, 9.17) is 4.74 Å². The Morgan fingerprint density at radius 2 is 1.83 bits per heavy atom. The first kappa shape index (κ1) is 22.1. The molecule has 156 valence electrons. The van der Waals surface area contributed by atoms with E-state index in [1.165, 1.54) is 31.4 Å². The van der Waals surface area contributed by atoms with Crippen molar-refractivity contribution in [1.82, 2.24) is 5.32 Å². The summed E-state index contributed by atoms with van der Waals surface area (Å²) in [6.07, 6.45) is 0.900. The fourth-order valence-electron chi connectivity index (χ4n) is 2.86. The number of anilines is 1. The molecule has 1 N–H and O–H groups in total. The van der Waals surface area contributed by atoms with Crippen LogP contribution in [0.15, 0.2) is 24.3 Å². The highest BCUT2D eigenvalue weighted by Gasteiger charge is 2.31. The number of methoxy groups -OCH3 is 1. The lowest BCUT2D eigenvalue weighted by Gasteiger charge is -2.21. The van der Waals surface area contributed by atoms with Crippen LogP contribution in [0.1, 0.15) is 43.5 Å². The highest BCUT2D eigenvalue weighted by Crippen LogP contribution is 2.23. The number of ether oxygens (including phenoxy) is 2. The van der Waals surface area contributed by atoms with Crippen LogP contribution >= 0.6 is 0 Å². The number of imide groups is 1. The molecule has 9 heteroatoms. The molecular formula is C20H24N2O7. The van der Waals surface area contributed by atoms with Crippen LogP contribution in [-0.4, -0.2) is 49.4 Å². The van der Waals surface area contributed by atoms with Crippen LogP contribution in [-0.2, 0) is 28.7 Å². The van der Waals surface area contributed by atoms with Crippen molar-refractivity contribution in [3.8, 4) is 0 Å². The zero-order valence-corrected chi connectivity index (χ0v) is 16.6. The second kappa shape index (κ2) is 9.81. The minimum absolute atomic E-state index is 0.0919. The lowest BCUT2D eigenvalue weighted by Crippen LogP contribution is -2.47. The summed E-state index contributed by atoms with van der Waals surface area (Å²) in [5.74, 6) is -2.84. The number of hydrogen-bond acceptors (Lipinski definition) is 7. The second-order valence-electron chi connectivity index (χ2n) is 6.70. The van der Waals surface area contributed by atoms with Crippen LogP contribution in [0, 0.1) is 5.92 Å². The van der Waals surface area contributed by atoms with E-state index in [9.17, 15) is 24.0 Å². The third-order valence-corrected chi connectivity index (χ3v) is 4.71. The molecule has 1 aromatic rings. The molecule has 1 aliphatic rings. The van der Waals surface area contributed by atoms with Crippen molar-refractivity contribution in [2.75, 3.05) is 18.6 Å². The third kappa shape index (κ3) is 5.40. The van der Waals surface area contributed by atoms with Gasteiger partial charge < -0.3 is 14.8 Å². The Hall–Kier alpha value is -3.23. The SMILES string of the molecule is CC[C@@H](C)[C@H](NC(=O)COC(=O)c1cccc(N2C(=O)CCC2=O)c1)C(=O)OC. The number of nitrogens with one attached hydrogen (secondary N) is 1. The summed E-state index contributed by atoms with van der Waals surface area (Å²) in [6.45, 7) is 3.07. The van der Waals surface area contributed by atoms with Gasteiger partial charge in [0, 0.05) is 12.8 Å². The molecule has 3 amide bonds. The number of esters is 2. The van der Waals surface area contributed by atoms with E-state index in [0.29, 0.717) is 6.42 Å². The molecule has 0 spiro atoms. The van der Waals surface area contributed by atoms with E-state index >= 15 is 0 Å². The number of carbonyl (C=O) groups is 5. The van der Waals surface area contributed by atoms with E-state index in [1.807, 2.05) is 6.92 Å². The zero-order chi connectivity index (χ0) is 21.6. The van der Waals surface area contributed by atoms with Crippen molar-refractivity contribution in [3.05, 3.63) is 29.8 Å². The average molecular weight is 404 g/mol. The standard InChI is InChI=1S/C20H24N2O7/c1-4-12(2)18(20(27)28-3)21-15(23)11-29-19(26)13-6-5-7-14(10-13)22-16(24)8-9-17(22)25/h5-7,10,12,18H,4,8-9,11H2,1-3H3,(H,21,23)/t12-,18+/m1/s1. The van der Waals surface area contributed by atoms with Gasteiger partial charge in [-0.3, -0.25) is 19.3 Å². The Bertz CT molecular complexity index is 805. The van der Waals surface area contributed by atoms with Gasteiger partial charge in [-0.2, -0.15) is 0 Å². The predicted octanol–water partition coefficient (Wildman–Crippen LogP) is 1.20. The van der Waals surface area contributed by atoms with Crippen LogP contribution in [0.4, 0.5) is 5.69 Å². The molecule has 1 aromatic carbocycles. The second-order valence-corrected chi connectivity index (χ2v) is 6.70. The minimum atomic E-state index is -0.841. The molecule has 1 heterocycles. The Morgan fingerprint density at radius 3 is 2.41 bits per heavy atom. The summed E-state index contributed by atoms with van der Waals surface area (Å²) in [5, 5.41) is 2.50. The van der Waals surface area contributed by atoms with Crippen LogP contribution in [0.25, 0.3) is 0 Å². The summed E-state index contributed by atoms with van der Waals surface area (Å²) < 4.78 is 9.69. The van der Waals surface area contributed by atoms with Gasteiger partial charge in [-0.25, -0.2) is 9.59 Å². The summed E-state index contributed by atoms with van der Waals surface area (Å²) >= 11 is 0. The van der Waals surface area contributed by atoms with E-state index in [1.54, 1.807) is 6.92 Å². The normalized spacial score (nSPS) is 15.6. The highest BCUT2D eigenvalue weighted by molar-refractivity contribution is 6.20. The molecule has 0 unspecified atom stereocenters. The lowest BCUT2D eigenvalue weighted by atomic mass is 9.99. The van der Waals surface area contributed by atoms with Crippen molar-refractivity contribution in [2.24, 2.45) is 5.92 Å². The summed E-state index contributed by atoms with van der Waals surface area (Å²) in [6, 6.07) is 5.02. The van der Waals surface area contributed by atoms with Crippen molar-refractivity contribution in [2.45, 2.75) is 39.2 Å². The molecule has 2 rings (SSSR count). The van der Waals surface area contributed by atoms with Crippen molar-refractivity contribution in [3.63, 3.8) is 0 Å². The molecule has 0 bridgehead atoms. The Balaban J connectivity index is 1.99. The van der Waals surface area contributed by atoms with Gasteiger partial charge in [-0.15, -0.1) is 0 Å². The van der Waals surface area contributed by atoms with Crippen LogP contribution in [0.5, 0.6) is 0 Å². The number of nitrogens with zero attached hydrogens (tertiary/aromatic N) is 1. The lowest BCUT2D eigenvalue weighted by molar-refractivity contribution is -0.147. The topological polar surface area (TPSA) is 119 Å². The molecule has 0 aromatic heterocycles. The maximum Gasteiger partial charge on any atom is 0.338 e. The fraction of sp³-hybridized carbons (Fsp3) is 0.450. The predicted molar refractivity (Wildman–Crippen MR) is 102 cm³/mol. The Morgan fingerprint density at radius 1 is 1.17 bits per heavy atom. The van der Waals surface area contributed by atoms with Gasteiger partial charge in [0.1, 0.15) is 6.04 Å². The van der Waals surface area contributed by atoms with Gasteiger partial charge in [-0.1, -0.05) is 26.3 Å². The Labute approximate surface area is 168 Å². The maximum absolute atomic E-state index is 12.3. The number of benzene rings is 1. The van der Waals surface area contributed by atoms with Crippen LogP contribution in [0.3, 0.4) is 0 Å². The molecule has 9 nitrogen and oxygen atoms in total. The summed E-state index contributed by atoms with van der Waals surface area (Å²) in [5.41, 5.74) is 0.369. The molecular weight excluding hydrogens is 380 g/mol. The molecule has 29 heavy (non-hydrogen) atoms. The van der Waals surface area contributed by atoms with Crippen molar-refractivity contribution < 1.29 is 33.4 Å². The minimum Gasteiger partial charge on any atom is -0.467 e. The molecule has 1 saturated heterocycles. The molecule has 0 aliphatic carbocycles. The van der Waals surface area contributed by atoms with Crippen LogP contribution in [0.2, 0.25) is 0 Å². The summed E-state index contributed by atoms with van der Waals surface area (Å²) in [7, 11) is 1.23. The molecule has 0 saturated carbocycles. The largest absolute Gasteiger partial charge is 0.467 e. The number of amides is 3. The van der Waals surface area contributed by atoms with Crippen LogP contribution < -0.4 is 10.2 Å². The molecule has 0 radical (unpaired) electrons. The smallest absolute Gasteiger partial charge is 0.338 e. The molecule has 2 atom stereocenters. The number of carbonyl (C=O) groups excluding carboxylic acids is 5. The first-order chi connectivity index (χ1) is 13.8. The quantitative estimate of drug-likeness (QED) is 0.511. The number of rotatable bonds is 8. The summed E-state index contributed by atoms with van der Waals surface area (Å²) in [4.78, 5) is 60.9. The van der Waals surface area contributed by atoms with Gasteiger partial charge in [0.25, 0.3) is 5.91 Å². The Kier molecular flexibility index (Phi) is 7.46. The molecule has 1 aliphatic heterocycles. The molecule has 1 fully saturated rings.